The van der Waals surface area contributed by atoms with Crippen LogP contribution in [0.4, 0.5) is 0 Å². The second-order valence-electron chi connectivity index (χ2n) is 3.63. The van der Waals surface area contributed by atoms with Crippen LogP contribution in [0.5, 0.6) is 5.75 Å². The summed E-state index contributed by atoms with van der Waals surface area (Å²) in [5.41, 5.74) is -0.292. The average Bonchev–Trinajstić information content (AvgIpc) is 2.25. The Balaban J connectivity index is 2.92. The smallest absolute Gasteiger partial charge is 0.336 e. The van der Waals surface area contributed by atoms with Gasteiger partial charge < -0.3 is 5.11 Å². The lowest BCUT2D eigenvalue weighted by atomic mass is 10.0. The van der Waals surface area contributed by atoms with E-state index in [2.05, 4.69) is 0 Å². The van der Waals surface area contributed by atoms with E-state index in [0.29, 0.717) is 0 Å². The number of carbonyl (C=O) groups is 1. The molecule has 0 atom stereocenters. The molecule has 0 spiro atoms. The van der Waals surface area contributed by atoms with Crippen molar-refractivity contribution in [3.05, 3.63) is 35.9 Å². The van der Waals surface area contributed by atoms with Crippen molar-refractivity contribution in [3.63, 3.8) is 0 Å². The first-order valence-electron chi connectivity index (χ1n) is 4.74. The minimum absolute atomic E-state index is 0.148. The van der Waals surface area contributed by atoms with Gasteiger partial charge >= 0.3 is 5.97 Å². The Kier molecular flexibility index (Phi) is 2.72. The van der Waals surface area contributed by atoms with Crippen molar-refractivity contribution in [2.75, 3.05) is 0 Å². The summed E-state index contributed by atoms with van der Waals surface area (Å²) in [6, 6.07) is 5.50. The number of carboxylic acid groups (broad SMARTS) is 1. The lowest BCUT2D eigenvalue weighted by molar-refractivity contribution is 0.0698. The van der Waals surface area contributed by atoms with Gasteiger partial charge in [0, 0.05) is 0 Å². The molecule has 0 heterocycles. The Morgan fingerprint density at radius 3 is 2.33 bits per heavy atom. The van der Waals surface area contributed by atoms with Crippen LogP contribution in [0.3, 0.4) is 0 Å². The highest BCUT2D eigenvalue weighted by molar-refractivity contribution is 7.85. The predicted molar refractivity (Wildman–Crippen MR) is 60.9 cm³/mol. The largest absolute Gasteiger partial charge is 0.478 e. The summed E-state index contributed by atoms with van der Waals surface area (Å²) in [4.78, 5) is 10.5. The first kappa shape index (κ1) is 12.3. The molecule has 0 aromatic heterocycles. The van der Waals surface area contributed by atoms with Crippen molar-refractivity contribution in [2.24, 2.45) is 0 Å². The first-order chi connectivity index (χ1) is 8.29. The lowest BCUT2D eigenvalue weighted by Gasteiger charge is -2.05. The Morgan fingerprint density at radius 1 is 1.11 bits per heavy atom. The minimum Gasteiger partial charge on any atom is -0.478 e. The number of hydrogen-bond donors (Lipinski definition) is 2. The summed E-state index contributed by atoms with van der Waals surface area (Å²) >= 11 is 0. The first-order valence-corrected chi connectivity index (χ1v) is 6.18. The van der Waals surface area contributed by atoms with Gasteiger partial charge in [-0.3, -0.25) is 9.66 Å². The molecule has 6 nitrogen and oxygen atoms in total. The zero-order valence-corrected chi connectivity index (χ0v) is 9.64. The van der Waals surface area contributed by atoms with Crippen molar-refractivity contribution >= 4 is 26.9 Å². The van der Waals surface area contributed by atoms with Gasteiger partial charge in [0.2, 0.25) is 0 Å². The van der Waals surface area contributed by atoms with Crippen LogP contribution < -0.4 is 0 Å². The van der Waals surface area contributed by atoms with Crippen LogP contribution in [0.2, 0.25) is 0 Å². The number of fused-ring (bicyclic) bond motifs is 1. The van der Waals surface area contributed by atoms with E-state index >= 15 is 0 Å². The molecule has 2 rings (SSSR count). The molecule has 0 saturated heterocycles. The van der Waals surface area contributed by atoms with Crippen LogP contribution in [0.25, 0.3) is 10.8 Å². The molecule has 0 aliphatic rings. The molecule has 0 bridgehead atoms. The van der Waals surface area contributed by atoms with Gasteiger partial charge in [0.1, 0.15) is 0 Å². The summed E-state index contributed by atoms with van der Waals surface area (Å²) in [5.74, 6) is -1.73. The molecule has 0 amide bonds. The van der Waals surface area contributed by atoms with Crippen molar-refractivity contribution in [2.45, 2.75) is 4.90 Å². The normalized spacial score (nSPS) is 11.6. The van der Waals surface area contributed by atoms with E-state index in [0.717, 1.165) is 18.2 Å². The quantitative estimate of drug-likeness (QED) is 0.807. The maximum Gasteiger partial charge on any atom is 0.336 e. The van der Waals surface area contributed by atoms with Gasteiger partial charge in [0.05, 0.1) is 10.5 Å². The fourth-order valence-electron chi connectivity index (χ4n) is 1.65. The summed E-state index contributed by atoms with van der Waals surface area (Å²) < 4.78 is 31.0. The molecule has 0 aliphatic carbocycles. The maximum absolute atomic E-state index is 11.2. The van der Waals surface area contributed by atoms with E-state index in [-0.39, 0.29) is 22.1 Å². The summed E-state index contributed by atoms with van der Waals surface area (Å²) in [7, 11) is -4.53. The highest BCUT2D eigenvalue weighted by atomic mass is 32.2. The fraction of sp³-hybridized carbons (Fsp3) is 0. The third-order valence-electron chi connectivity index (χ3n) is 2.43. The number of hydrogen-bond acceptors (Lipinski definition) is 3. The highest BCUT2D eigenvalue weighted by Crippen LogP contribution is 2.27. The standard InChI is InChI=1S/C11H7O6S/c12-7-1-2-9-6(3-7)4-8(18(15,16)17)5-10(9)11(13)14/h1-5H,(H,13,14)(H,15,16,17). The molecule has 0 fully saturated rings. The predicted octanol–water partition coefficient (Wildman–Crippen LogP) is 1.93. The Hall–Kier alpha value is -2.12. The molecule has 2 aromatic carbocycles. The van der Waals surface area contributed by atoms with E-state index in [1.54, 1.807) is 0 Å². The molecule has 0 unspecified atom stereocenters. The molecule has 18 heavy (non-hydrogen) atoms. The Bertz CT molecular complexity index is 747. The second kappa shape index (κ2) is 3.97. The van der Waals surface area contributed by atoms with Crippen molar-refractivity contribution in [1.29, 1.82) is 0 Å². The van der Waals surface area contributed by atoms with Crippen molar-refractivity contribution < 1.29 is 28.0 Å². The second-order valence-corrected chi connectivity index (χ2v) is 5.06. The monoisotopic (exact) mass is 267 g/mol. The molecule has 2 aromatic rings. The Labute approximate surface area is 102 Å². The molecule has 93 valence electrons. The molecule has 0 saturated carbocycles. The van der Waals surface area contributed by atoms with Crippen LogP contribution in [0.15, 0.2) is 35.2 Å². The van der Waals surface area contributed by atoms with Gasteiger partial charge in [-0.15, -0.1) is 0 Å². The van der Waals surface area contributed by atoms with Crippen molar-refractivity contribution in [3.8, 4) is 5.75 Å². The van der Waals surface area contributed by atoms with Gasteiger partial charge in [0.15, 0.2) is 5.75 Å². The van der Waals surface area contributed by atoms with E-state index in [9.17, 15) is 18.3 Å². The SMILES string of the molecule is [O]c1ccc2c(C(=O)O)cc(S(=O)(=O)O)cc2c1. The molecule has 1 radical (unpaired) electrons. The number of benzene rings is 2. The topological polar surface area (TPSA) is 112 Å². The molecule has 7 heteroatoms. The molecular weight excluding hydrogens is 260 g/mol. The summed E-state index contributed by atoms with van der Waals surface area (Å²) in [5, 5.41) is 20.5. The zero-order chi connectivity index (χ0) is 13.5. The van der Waals surface area contributed by atoms with Gasteiger partial charge in [-0.25, -0.2) is 4.79 Å². The average molecular weight is 267 g/mol. The third kappa shape index (κ3) is 2.13. The number of rotatable bonds is 2. The van der Waals surface area contributed by atoms with Crippen LogP contribution in [-0.2, 0) is 15.2 Å². The Morgan fingerprint density at radius 2 is 1.78 bits per heavy atom. The van der Waals surface area contributed by atoms with Crippen molar-refractivity contribution in [1.82, 2.24) is 0 Å². The van der Waals surface area contributed by atoms with E-state index in [1.165, 1.54) is 12.1 Å². The maximum atomic E-state index is 11.2. The number of carboxylic acids is 1. The van der Waals surface area contributed by atoms with Gasteiger partial charge in [-0.05, 0) is 41.1 Å². The van der Waals surface area contributed by atoms with Crippen LogP contribution in [0, 0.1) is 0 Å². The van der Waals surface area contributed by atoms with Gasteiger partial charge in [-0.2, -0.15) is 8.42 Å². The molecular formula is C11H7O6S. The molecule has 2 N–H and O–H groups in total. The zero-order valence-electron chi connectivity index (χ0n) is 8.82. The molecule has 0 aliphatic heterocycles. The third-order valence-corrected chi connectivity index (χ3v) is 3.26. The fourth-order valence-corrected chi connectivity index (χ4v) is 2.19. The van der Waals surface area contributed by atoms with Crippen LogP contribution >= 0.6 is 0 Å². The van der Waals surface area contributed by atoms with Gasteiger partial charge in [-0.1, -0.05) is 0 Å². The highest BCUT2D eigenvalue weighted by Gasteiger charge is 2.17. The van der Waals surface area contributed by atoms with Crippen LogP contribution in [-0.4, -0.2) is 24.0 Å². The lowest BCUT2D eigenvalue weighted by Crippen LogP contribution is -2.03. The summed E-state index contributed by atoms with van der Waals surface area (Å²) in [6.07, 6.45) is 0. The number of aromatic carboxylic acids is 1. The van der Waals surface area contributed by atoms with Gasteiger partial charge in [0.25, 0.3) is 10.1 Å². The minimum atomic E-state index is -4.53. The van der Waals surface area contributed by atoms with Crippen LogP contribution in [0.1, 0.15) is 10.4 Å². The summed E-state index contributed by atoms with van der Waals surface area (Å²) in [6.45, 7) is 0. The van der Waals surface area contributed by atoms with E-state index in [4.69, 9.17) is 9.66 Å². The van der Waals surface area contributed by atoms with E-state index < -0.39 is 21.0 Å². The van der Waals surface area contributed by atoms with E-state index in [1.807, 2.05) is 0 Å².